The van der Waals surface area contributed by atoms with E-state index in [2.05, 4.69) is 5.32 Å². The first kappa shape index (κ1) is 32.4. The molecule has 1 unspecified atom stereocenters. The van der Waals surface area contributed by atoms with Gasteiger partial charge in [0, 0.05) is 28.2 Å². The van der Waals surface area contributed by atoms with Crippen molar-refractivity contribution in [1.29, 1.82) is 0 Å². The molecule has 0 saturated heterocycles. The van der Waals surface area contributed by atoms with Gasteiger partial charge in [0.1, 0.15) is 12.6 Å². The van der Waals surface area contributed by atoms with Gasteiger partial charge in [0.05, 0.1) is 20.6 Å². The Labute approximate surface area is 266 Å². The number of nitrogens with one attached hydrogen (secondary N) is 1. The summed E-state index contributed by atoms with van der Waals surface area (Å²) in [4.78, 5) is 28.8. The van der Waals surface area contributed by atoms with E-state index in [0.29, 0.717) is 15.6 Å². The topological polar surface area (TPSA) is 86.8 Å². The maximum atomic E-state index is 14.1. The van der Waals surface area contributed by atoms with Crippen LogP contribution in [0.15, 0.2) is 65.6 Å². The highest BCUT2D eigenvalue weighted by molar-refractivity contribution is 7.92. The molecule has 0 spiro atoms. The highest BCUT2D eigenvalue weighted by Crippen LogP contribution is 2.32. The van der Waals surface area contributed by atoms with Crippen molar-refractivity contribution in [2.45, 2.75) is 63.1 Å². The zero-order valence-electron chi connectivity index (χ0n) is 23.1. The first-order valence-electron chi connectivity index (χ1n) is 13.5. The number of halogens is 4. The fourth-order valence-electron chi connectivity index (χ4n) is 4.83. The third-order valence-corrected chi connectivity index (χ3v) is 10.6. The van der Waals surface area contributed by atoms with Gasteiger partial charge < -0.3 is 10.2 Å². The molecule has 3 aromatic carbocycles. The van der Waals surface area contributed by atoms with E-state index < -0.39 is 28.5 Å². The molecule has 4 rings (SSSR count). The van der Waals surface area contributed by atoms with Crippen molar-refractivity contribution >= 4 is 73.9 Å². The van der Waals surface area contributed by atoms with E-state index in [1.807, 2.05) is 6.92 Å². The summed E-state index contributed by atoms with van der Waals surface area (Å²) in [7, 11) is -4.25. The summed E-state index contributed by atoms with van der Waals surface area (Å²) in [6.45, 7) is 2.70. The SMILES string of the molecule is Cc1ccc(S(=O)(=O)N(CC(=O)N(Cc2c(Cl)cccc2Cl)C(C)C(=O)NC2CCCC2)c2ccc(Cl)c(Cl)c2)cc1. The van der Waals surface area contributed by atoms with Gasteiger partial charge in [-0.3, -0.25) is 13.9 Å². The van der Waals surface area contributed by atoms with Crippen LogP contribution in [0.1, 0.15) is 43.7 Å². The summed E-state index contributed by atoms with van der Waals surface area (Å²) in [6.07, 6.45) is 3.77. The second-order valence-electron chi connectivity index (χ2n) is 10.3. The van der Waals surface area contributed by atoms with Crippen molar-refractivity contribution in [3.05, 3.63) is 91.9 Å². The van der Waals surface area contributed by atoms with Crippen LogP contribution in [0.4, 0.5) is 5.69 Å². The highest BCUT2D eigenvalue weighted by Gasteiger charge is 2.34. The molecule has 1 aliphatic carbocycles. The summed E-state index contributed by atoms with van der Waals surface area (Å²) >= 11 is 25.3. The zero-order valence-corrected chi connectivity index (χ0v) is 27.0. The molecule has 224 valence electrons. The molecule has 1 N–H and O–H groups in total. The summed E-state index contributed by atoms with van der Waals surface area (Å²) in [5.74, 6) is -0.984. The van der Waals surface area contributed by atoms with E-state index >= 15 is 0 Å². The zero-order chi connectivity index (χ0) is 30.6. The van der Waals surface area contributed by atoms with Crippen molar-refractivity contribution in [1.82, 2.24) is 10.2 Å². The number of hydrogen-bond acceptors (Lipinski definition) is 4. The number of nitrogens with zero attached hydrogens (tertiary/aromatic N) is 2. The molecule has 1 fully saturated rings. The molecular formula is C30H31Cl4N3O4S. The maximum Gasteiger partial charge on any atom is 0.264 e. The second kappa shape index (κ2) is 13.9. The molecule has 2 amide bonds. The van der Waals surface area contributed by atoms with Gasteiger partial charge in [-0.25, -0.2) is 8.42 Å². The number of anilines is 1. The van der Waals surface area contributed by atoms with Crippen molar-refractivity contribution in [2.75, 3.05) is 10.8 Å². The van der Waals surface area contributed by atoms with Gasteiger partial charge in [-0.05, 0) is 69.2 Å². The Balaban J connectivity index is 1.73. The fourth-order valence-corrected chi connectivity index (χ4v) is 7.05. The van der Waals surface area contributed by atoms with E-state index in [1.54, 1.807) is 37.3 Å². The van der Waals surface area contributed by atoms with E-state index in [-0.39, 0.29) is 39.1 Å². The van der Waals surface area contributed by atoms with Crippen molar-refractivity contribution in [3.63, 3.8) is 0 Å². The largest absolute Gasteiger partial charge is 0.352 e. The molecule has 1 aliphatic rings. The van der Waals surface area contributed by atoms with Crippen LogP contribution in [0.25, 0.3) is 0 Å². The van der Waals surface area contributed by atoms with Crippen molar-refractivity contribution in [3.8, 4) is 0 Å². The Hall–Kier alpha value is -2.49. The molecule has 1 atom stereocenters. The molecular weight excluding hydrogens is 640 g/mol. The molecule has 12 heteroatoms. The van der Waals surface area contributed by atoms with Crippen LogP contribution in [0.2, 0.25) is 20.1 Å². The van der Waals surface area contributed by atoms with Gasteiger partial charge in [0.2, 0.25) is 11.8 Å². The summed E-state index contributed by atoms with van der Waals surface area (Å²) in [5.41, 5.74) is 1.45. The smallest absolute Gasteiger partial charge is 0.264 e. The van der Waals surface area contributed by atoms with E-state index in [1.165, 1.54) is 35.2 Å². The van der Waals surface area contributed by atoms with E-state index in [4.69, 9.17) is 46.4 Å². The standard InChI is InChI=1S/C30H31Cl4N3O4S/c1-19-10-13-23(14-11-19)42(40,41)37(22-12-15-27(33)28(34)16-22)18-29(38)36(17-24-25(31)8-5-9-26(24)32)20(2)30(39)35-21-6-3-4-7-21/h5,8-16,20-21H,3-4,6-7,17-18H2,1-2H3,(H,35,39). The average Bonchev–Trinajstić information content (AvgIpc) is 3.46. The molecule has 7 nitrogen and oxygen atoms in total. The van der Waals surface area contributed by atoms with Gasteiger partial charge in [0.25, 0.3) is 10.0 Å². The summed E-state index contributed by atoms with van der Waals surface area (Å²) in [5, 5.41) is 4.01. The van der Waals surface area contributed by atoms with Crippen LogP contribution in [-0.4, -0.2) is 43.8 Å². The van der Waals surface area contributed by atoms with Crippen LogP contribution < -0.4 is 9.62 Å². The highest BCUT2D eigenvalue weighted by atomic mass is 35.5. The minimum absolute atomic E-state index is 0.0142. The summed E-state index contributed by atoms with van der Waals surface area (Å²) < 4.78 is 28.9. The number of aryl methyl sites for hydroxylation is 1. The van der Waals surface area contributed by atoms with Gasteiger partial charge in [0.15, 0.2) is 0 Å². The van der Waals surface area contributed by atoms with Gasteiger partial charge >= 0.3 is 0 Å². The fraction of sp³-hybridized carbons (Fsp3) is 0.333. The molecule has 0 radical (unpaired) electrons. The lowest BCUT2D eigenvalue weighted by Gasteiger charge is -2.33. The third-order valence-electron chi connectivity index (χ3n) is 7.34. The van der Waals surface area contributed by atoms with Gasteiger partial charge in [-0.15, -0.1) is 0 Å². The second-order valence-corrected chi connectivity index (χ2v) is 13.8. The van der Waals surface area contributed by atoms with Gasteiger partial charge in [-0.2, -0.15) is 0 Å². The van der Waals surface area contributed by atoms with E-state index in [0.717, 1.165) is 35.6 Å². The Morgan fingerprint density at radius 2 is 1.52 bits per heavy atom. The predicted octanol–water partition coefficient (Wildman–Crippen LogP) is 7.28. The molecule has 1 saturated carbocycles. The molecule has 0 heterocycles. The quantitative estimate of drug-likeness (QED) is 0.246. The lowest BCUT2D eigenvalue weighted by Crippen LogP contribution is -2.52. The monoisotopic (exact) mass is 669 g/mol. The maximum absolute atomic E-state index is 14.1. The first-order chi connectivity index (χ1) is 19.9. The molecule has 0 bridgehead atoms. The lowest BCUT2D eigenvalue weighted by molar-refractivity contribution is -0.139. The Bertz CT molecular complexity index is 1540. The Kier molecular flexibility index (Phi) is 10.7. The lowest BCUT2D eigenvalue weighted by atomic mass is 10.1. The third kappa shape index (κ3) is 7.53. The number of amides is 2. The van der Waals surface area contributed by atoms with Crippen molar-refractivity contribution in [2.24, 2.45) is 0 Å². The molecule has 42 heavy (non-hydrogen) atoms. The number of carbonyl (C=O) groups excluding carboxylic acids is 2. The number of rotatable bonds is 10. The van der Waals surface area contributed by atoms with Crippen molar-refractivity contribution < 1.29 is 18.0 Å². The van der Waals surface area contributed by atoms with Gasteiger partial charge in [-0.1, -0.05) is 83.0 Å². The van der Waals surface area contributed by atoms with Crippen LogP contribution in [0.3, 0.4) is 0 Å². The Morgan fingerprint density at radius 1 is 0.905 bits per heavy atom. The molecule has 3 aromatic rings. The number of carbonyl (C=O) groups is 2. The summed E-state index contributed by atoms with van der Waals surface area (Å²) in [6, 6.07) is 14.6. The van der Waals surface area contributed by atoms with Crippen LogP contribution >= 0.6 is 46.4 Å². The van der Waals surface area contributed by atoms with Crippen LogP contribution in [0.5, 0.6) is 0 Å². The van der Waals surface area contributed by atoms with E-state index in [9.17, 15) is 18.0 Å². The molecule has 0 aliphatic heterocycles. The first-order valence-corrected chi connectivity index (χ1v) is 16.4. The number of hydrogen-bond donors (Lipinski definition) is 1. The van der Waals surface area contributed by atoms with Crippen LogP contribution in [-0.2, 0) is 26.2 Å². The molecule has 0 aromatic heterocycles. The normalized spacial score (nSPS) is 14.4. The minimum Gasteiger partial charge on any atom is -0.352 e. The average molecular weight is 671 g/mol. The Morgan fingerprint density at radius 3 is 2.12 bits per heavy atom. The minimum atomic E-state index is -4.25. The number of sulfonamides is 1. The number of benzene rings is 3. The predicted molar refractivity (Wildman–Crippen MR) is 169 cm³/mol. The van der Waals surface area contributed by atoms with Crippen LogP contribution in [0, 0.1) is 6.92 Å².